The van der Waals surface area contributed by atoms with Gasteiger partial charge in [0, 0.05) is 18.3 Å². The molecule has 0 saturated carbocycles. The molecule has 0 aliphatic heterocycles. The summed E-state index contributed by atoms with van der Waals surface area (Å²) < 4.78 is 6.17. The number of carbonyl (C=O) groups excluding carboxylic acids is 1. The SMILES string of the molecule is CCCNc1nn(-c2cc(C)ncn2)c(N)c1C(=O)OC. The number of carbonyl (C=O) groups is 1. The van der Waals surface area contributed by atoms with Crippen molar-refractivity contribution in [3.8, 4) is 5.82 Å². The average molecular weight is 290 g/mol. The predicted molar refractivity (Wildman–Crippen MR) is 78.4 cm³/mol. The van der Waals surface area contributed by atoms with Gasteiger partial charge in [-0.1, -0.05) is 6.92 Å². The van der Waals surface area contributed by atoms with Crippen molar-refractivity contribution in [3.63, 3.8) is 0 Å². The Kier molecular flexibility index (Phi) is 4.36. The summed E-state index contributed by atoms with van der Waals surface area (Å²) in [6.45, 7) is 4.52. The number of nitrogens with zero attached hydrogens (tertiary/aromatic N) is 4. The van der Waals surface area contributed by atoms with Crippen LogP contribution in [0.2, 0.25) is 0 Å². The van der Waals surface area contributed by atoms with Crippen LogP contribution in [-0.2, 0) is 4.74 Å². The van der Waals surface area contributed by atoms with Crippen molar-refractivity contribution in [1.29, 1.82) is 0 Å². The predicted octanol–water partition coefficient (Wildman–Crippen LogP) is 1.16. The van der Waals surface area contributed by atoms with Crippen LogP contribution >= 0.6 is 0 Å². The molecule has 0 atom stereocenters. The van der Waals surface area contributed by atoms with Gasteiger partial charge in [0.2, 0.25) is 0 Å². The summed E-state index contributed by atoms with van der Waals surface area (Å²) in [5.74, 6) is 0.522. The van der Waals surface area contributed by atoms with E-state index in [1.54, 1.807) is 6.07 Å². The second-order valence-electron chi connectivity index (χ2n) is 4.46. The lowest BCUT2D eigenvalue weighted by atomic mass is 10.3. The van der Waals surface area contributed by atoms with Gasteiger partial charge in [0.15, 0.2) is 11.6 Å². The first-order valence-electron chi connectivity index (χ1n) is 6.58. The highest BCUT2D eigenvalue weighted by atomic mass is 16.5. The van der Waals surface area contributed by atoms with E-state index in [9.17, 15) is 4.79 Å². The first kappa shape index (κ1) is 14.8. The number of ether oxygens (including phenoxy) is 1. The van der Waals surface area contributed by atoms with Crippen molar-refractivity contribution in [2.75, 3.05) is 24.7 Å². The Morgan fingerprint density at radius 2 is 2.24 bits per heavy atom. The van der Waals surface area contributed by atoms with Gasteiger partial charge in [-0.3, -0.25) is 0 Å². The number of aryl methyl sites for hydroxylation is 1. The molecule has 0 aliphatic rings. The molecule has 2 heterocycles. The molecular formula is C13H18N6O2. The van der Waals surface area contributed by atoms with Crippen molar-refractivity contribution < 1.29 is 9.53 Å². The molecular weight excluding hydrogens is 272 g/mol. The molecule has 0 spiro atoms. The summed E-state index contributed by atoms with van der Waals surface area (Å²) in [5, 5.41) is 7.38. The van der Waals surface area contributed by atoms with E-state index in [0.717, 1.165) is 12.1 Å². The van der Waals surface area contributed by atoms with Crippen molar-refractivity contribution >= 4 is 17.6 Å². The Bertz CT molecular complexity index is 652. The molecule has 2 aromatic heterocycles. The van der Waals surface area contributed by atoms with Gasteiger partial charge in [0.05, 0.1) is 7.11 Å². The highest BCUT2D eigenvalue weighted by Gasteiger charge is 2.24. The second-order valence-corrected chi connectivity index (χ2v) is 4.46. The average Bonchev–Trinajstić information content (AvgIpc) is 2.81. The number of nitrogen functional groups attached to an aromatic ring is 1. The van der Waals surface area contributed by atoms with Gasteiger partial charge < -0.3 is 15.8 Å². The fourth-order valence-electron chi connectivity index (χ4n) is 1.83. The molecule has 0 bridgehead atoms. The topological polar surface area (TPSA) is 108 Å². The molecule has 0 aromatic carbocycles. The van der Waals surface area contributed by atoms with E-state index in [4.69, 9.17) is 10.5 Å². The van der Waals surface area contributed by atoms with Crippen LogP contribution in [-0.4, -0.2) is 39.4 Å². The van der Waals surface area contributed by atoms with Gasteiger partial charge in [-0.2, -0.15) is 4.68 Å². The molecule has 2 aromatic rings. The summed E-state index contributed by atoms with van der Waals surface area (Å²) in [5.41, 5.74) is 7.02. The minimum atomic E-state index is -0.539. The molecule has 0 unspecified atom stereocenters. The number of esters is 1. The van der Waals surface area contributed by atoms with E-state index in [2.05, 4.69) is 20.4 Å². The van der Waals surface area contributed by atoms with Gasteiger partial charge in [0.25, 0.3) is 0 Å². The van der Waals surface area contributed by atoms with E-state index in [0.29, 0.717) is 18.2 Å². The van der Waals surface area contributed by atoms with E-state index in [1.165, 1.54) is 18.1 Å². The molecule has 0 saturated heterocycles. The second kappa shape index (κ2) is 6.21. The third kappa shape index (κ3) is 2.93. The quantitative estimate of drug-likeness (QED) is 0.795. The summed E-state index contributed by atoms with van der Waals surface area (Å²) >= 11 is 0. The van der Waals surface area contributed by atoms with Gasteiger partial charge in [-0.25, -0.2) is 14.8 Å². The van der Waals surface area contributed by atoms with Crippen LogP contribution < -0.4 is 11.1 Å². The Morgan fingerprint density at radius 3 is 2.86 bits per heavy atom. The zero-order valence-electron chi connectivity index (χ0n) is 12.3. The lowest BCUT2D eigenvalue weighted by molar-refractivity contribution is 0.0603. The minimum Gasteiger partial charge on any atom is -0.465 e. The minimum absolute atomic E-state index is 0.179. The number of rotatable bonds is 5. The van der Waals surface area contributed by atoms with Crippen LogP contribution in [0.3, 0.4) is 0 Å². The Morgan fingerprint density at radius 1 is 1.48 bits per heavy atom. The number of hydrogen-bond acceptors (Lipinski definition) is 7. The zero-order chi connectivity index (χ0) is 15.4. The first-order chi connectivity index (χ1) is 10.1. The van der Waals surface area contributed by atoms with Crippen LogP contribution in [0.4, 0.5) is 11.6 Å². The number of aromatic nitrogens is 4. The zero-order valence-corrected chi connectivity index (χ0v) is 12.3. The van der Waals surface area contributed by atoms with Gasteiger partial charge in [0.1, 0.15) is 17.7 Å². The first-order valence-corrected chi connectivity index (χ1v) is 6.58. The Balaban J connectivity index is 2.52. The van der Waals surface area contributed by atoms with Crippen molar-refractivity contribution in [2.45, 2.75) is 20.3 Å². The van der Waals surface area contributed by atoms with Crippen LogP contribution in [0.15, 0.2) is 12.4 Å². The lowest BCUT2D eigenvalue weighted by Crippen LogP contribution is -2.10. The largest absolute Gasteiger partial charge is 0.465 e. The monoisotopic (exact) mass is 290 g/mol. The third-order valence-corrected chi connectivity index (χ3v) is 2.86. The van der Waals surface area contributed by atoms with Gasteiger partial charge >= 0.3 is 5.97 Å². The van der Waals surface area contributed by atoms with Gasteiger partial charge in [-0.15, -0.1) is 5.10 Å². The molecule has 8 heteroatoms. The van der Waals surface area contributed by atoms with Crippen molar-refractivity contribution in [1.82, 2.24) is 19.7 Å². The van der Waals surface area contributed by atoms with Crippen LogP contribution in [0.25, 0.3) is 5.82 Å². The van der Waals surface area contributed by atoms with Crippen LogP contribution in [0, 0.1) is 6.92 Å². The van der Waals surface area contributed by atoms with Crippen molar-refractivity contribution in [2.24, 2.45) is 0 Å². The fraction of sp³-hybridized carbons (Fsp3) is 0.385. The van der Waals surface area contributed by atoms with E-state index in [-0.39, 0.29) is 11.4 Å². The Labute approximate surface area is 122 Å². The maximum atomic E-state index is 11.9. The highest BCUT2D eigenvalue weighted by Crippen LogP contribution is 2.25. The molecule has 2 rings (SSSR count). The smallest absolute Gasteiger partial charge is 0.345 e. The Hall–Kier alpha value is -2.64. The summed E-state index contributed by atoms with van der Waals surface area (Å²) in [7, 11) is 1.30. The summed E-state index contributed by atoms with van der Waals surface area (Å²) in [6.07, 6.45) is 2.31. The van der Waals surface area contributed by atoms with Crippen LogP contribution in [0.5, 0.6) is 0 Å². The van der Waals surface area contributed by atoms with Gasteiger partial charge in [-0.05, 0) is 13.3 Å². The number of hydrogen-bond donors (Lipinski definition) is 2. The lowest BCUT2D eigenvalue weighted by Gasteiger charge is -2.03. The third-order valence-electron chi connectivity index (χ3n) is 2.86. The number of nitrogens with one attached hydrogen (secondary N) is 1. The molecule has 21 heavy (non-hydrogen) atoms. The maximum absolute atomic E-state index is 11.9. The van der Waals surface area contributed by atoms with E-state index in [1.807, 2.05) is 13.8 Å². The standard InChI is InChI=1S/C13H18N6O2/c1-4-5-15-12-10(13(20)21-3)11(14)19(18-12)9-6-8(2)16-7-17-9/h6-7H,4-5,14H2,1-3H3,(H,15,18). The van der Waals surface area contributed by atoms with Crippen LogP contribution in [0.1, 0.15) is 29.4 Å². The molecule has 0 radical (unpaired) electrons. The highest BCUT2D eigenvalue weighted by molar-refractivity contribution is 5.99. The normalized spacial score (nSPS) is 10.4. The molecule has 0 amide bonds. The number of nitrogens with two attached hydrogens (primary N) is 1. The van der Waals surface area contributed by atoms with Crippen molar-refractivity contribution in [3.05, 3.63) is 23.7 Å². The molecule has 3 N–H and O–H groups in total. The molecule has 8 nitrogen and oxygen atoms in total. The molecule has 0 fully saturated rings. The molecule has 0 aliphatic carbocycles. The maximum Gasteiger partial charge on any atom is 0.345 e. The van der Waals surface area contributed by atoms with E-state index >= 15 is 0 Å². The van der Waals surface area contributed by atoms with E-state index < -0.39 is 5.97 Å². The molecule has 112 valence electrons. The summed E-state index contributed by atoms with van der Waals surface area (Å²) in [4.78, 5) is 20.0. The number of methoxy groups -OCH3 is 1. The number of anilines is 2. The summed E-state index contributed by atoms with van der Waals surface area (Å²) in [6, 6.07) is 1.73. The fourth-order valence-corrected chi connectivity index (χ4v) is 1.83.